The number of para-hydroxylation sites is 1. The van der Waals surface area contributed by atoms with Gasteiger partial charge in [-0.25, -0.2) is 0 Å². The number of fused-ring (bicyclic) bond motifs is 4. The fourth-order valence-electron chi connectivity index (χ4n) is 4.35. The van der Waals surface area contributed by atoms with Gasteiger partial charge < -0.3 is 4.40 Å². The van der Waals surface area contributed by atoms with E-state index >= 15 is 0 Å². The average Bonchev–Trinajstić information content (AvgIpc) is 3.18. The summed E-state index contributed by atoms with van der Waals surface area (Å²) in [4.78, 5) is 0. The van der Waals surface area contributed by atoms with Gasteiger partial charge in [0.2, 0.25) is 0 Å². The molecule has 2 aromatic carbocycles. The molecule has 118 valence electrons. The molecule has 2 aromatic heterocycles. The molecule has 0 spiro atoms. The first kappa shape index (κ1) is 14.1. The fraction of sp³-hybridized carbons (Fsp3) is 0.182. The second kappa shape index (κ2) is 5.12. The van der Waals surface area contributed by atoms with E-state index in [1.54, 1.807) is 0 Å². The van der Waals surface area contributed by atoms with Gasteiger partial charge in [-0.2, -0.15) is 0 Å². The standard InChI is InChI=1S/C22H18ClN/c1-14-18(23)12-11-15-6-4-8-17(21(14)15)22-16-7-2-3-9-19(16)24-13-5-10-20(22)24/h2-3,5,7,9-13H,4,6,8H2,1H3/b22-17-. The molecule has 5 rings (SSSR count). The van der Waals surface area contributed by atoms with E-state index in [2.05, 4.69) is 66.1 Å². The van der Waals surface area contributed by atoms with E-state index in [0.717, 1.165) is 17.9 Å². The van der Waals surface area contributed by atoms with Crippen LogP contribution in [0, 0.1) is 6.92 Å². The topological polar surface area (TPSA) is 4.41 Å². The Bertz CT molecular complexity index is 1150. The molecular weight excluding hydrogens is 314 g/mol. The number of hydrogen-bond donors (Lipinski definition) is 0. The molecule has 1 aliphatic rings. The normalized spacial score (nSPS) is 16.8. The SMILES string of the molecule is Cc1c(Cl)ccc2c1/C(=c1/c3ccccc3n3cccc13)CCC2. The Labute approximate surface area is 146 Å². The molecule has 0 bridgehead atoms. The first-order valence-electron chi connectivity index (χ1n) is 8.54. The van der Waals surface area contributed by atoms with Crippen LogP contribution in [-0.4, -0.2) is 4.40 Å². The third-order valence-corrected chi connectivity index (χ3v) is 5.81. The van der Waals surface area contributed by atoms with Crippen molar-refractivity contribution < 1.29 is 0 Å². The van der Waals surface area contributed by atoms with Crippen LogP contribution in [0.2, 0.25) is 5.02 Å². The summed E-state index contributed by atoms with van der Waals surface area (Å²) in [7, 11) is 0. The number of nitrogens with zero attached hydrogens (tertiary/aromatic N) is 1. The van der Waals surface area contributed by atoms with Gasteiger partial charge in [-0.1, -0.05) is 35.9 Å². The number of halogens is 1. The van der Waals surface area contributed by atoms with E-state index in [4.69, 9.17) is 11.6 Å². The molecule has 1 nitrogen and oxygen atoms in total. The molecule has 0 N–H and O–H groups in total. The summed E-state index contributed by atoms with van der Waals surface area (Å²) in [6.45, 7) is 2.16. The van der Waals surface area contributed by atoms with E-state index in [9.17, 15) is 0 Å². The number of hydrogen-bond acceptors (Lipinski definition) is 0. The molecule has 2 heteroatoms. The molecule has 0 amide bonds. The predicted octanol–water partition coefficient (Wildman–Crippen LogP) is 5.31. The molecule has 4 aromatic rings. The van der Waals surface area contributed by atoms with Crippen LogP contribution in [0.1, 0.15) is 29.5 Å². The van der Waals surface area contributed by atoms with Crippen LogP contribution in [0.5, 0.6) is 0 Å². The fourth-order valence-corrected chi connectivity index (χ4v) is 4.50. The molecule has 2 heterocycles. The van der Waals surface area contributed by atoms with Crippen molar-refractivity contribution in [2.75, 3.05) is 0 Å². The maximum absolute atomic E-state index is 6.47. The number of aryl methyl sites for hydroxylation is 1. The summed E-state index contributed by atoms with van der Waals surface area (Å²) in [5.74, 6) is 0. The molecule has 0 atom stereocenters. The van der Waals surface area contributed by atoms with Gasteiger partial charge in [0.1, 0.15) is 0 Å². The Morgan fingerprint density at radius 3 is 2.67 bits per heavy atom. The van der Waals surface area contributed by atoms with Crippen molar-refractivity contribution in [3.63, 3.8) is 0 Å². The van der Waals surface area contributed by atoms with Gasteiger partial charge in [0.25, 0.3) is 0 Å². The summed E-state index contributed by atoms with van der Waals surface area (Å²) in [5.41, 5.74) is 8.09. The average molecular weight is 332 g/mol. The van der Waals surface area contributed by atoms with Gasteiger partial charge in [0, 0.05) is 21.8 Å². The highest BCUT2D eigenvalue weighted by molar-refractivity contribution is 6.31. The van der Waals surface area contributed by atoms with Crippen molar-refractivity contribution in [1.82, 2.24) is 4.40 Å². The third-order valence-electron chi connectivity index (χ3n) is 5.40. The third kappa shape index (κ3) is 1.82. The zero-order chi connectivity index (χ0) is 16.3. The second-order valence-corrected chi connectivity index (χ2v) is 7.10. The van der Waals surface area contributed by atoms with Crippen molar-refractivity contribution in [1.29, 1.82) is 0 Å². The number of aromatic nitrogens is 1. The molecule has 24 heavy (non-hydrogen) atoms. The zero-order valence-corrected chi connectivity index (χ0v) is 14.4. The lowest BCUT2D eigenvalue weighted by molar-refractivity contribution is 0.817. The van der Waals surface area contributed by atoms with Crippen LogP contribution in [0.25, 0.3) is 22.0 Å². The summed E-state index contributed by atoms with van der Waals surface area (Å²) >= 11 is 6.47. The highest BCUT2D eigenvalue weighted by Gasteiger charge is 2.21. The van der Waals surface area contributed by atoms with E-state index in [0.29, 0.717) is 0 Å². The van der Waals surface area contributed by atoms with Crippen LogP contribution in [0.3, 0.4) is 0 Å². The van der Waals surface area contributed by atoms with Gasteiger partial charge in [0.15, 0.2) is 0 Å². The van der Waals surface area contributed by atoms with Crippen molar-refractivity contribution in [3.8, 4) is 0 Å². The van der Waals surface area contributed by atoms with Crippen LogP contribution < -0.4 is 5.22 Å². The Hall–Kier alpha value is -2.25. The largest absolute Gasteiger partial charge is 0.316 e. The maximum atomic E-state index is 6.47. The van der Waals surface area contributed by atoms with Gasteiger partial charge >= 0.3 is 0 Å². The van der Waals surface area contributed by atoms with Crippen LogP contribution >= 0.6 is 11.6 Å². The Kier molecular flexibility index (Phi) is 3.01. The van der Waals surface area contributed by atoms with Crippen molar-refractivity contribution in [2.45, 2.75) is 26.2 Å². The highest BCUT2D eigenvalue weighted by atomic mass is 35.5. The summed E-state index contributed by atoms with van der Waals surface area (Å²) < 4.78 is 2.31. The van der Waals surface area contributed by atoms with Gasteiger partial charge in [-0.05, 0) is 72.7 Å². The first-order valence-corrected chi connectivity index (χ1v) is 8.92. The van der Waals surface area contributed by atoms with Crippen LogP contribution in [0.4, 0.5) is 0 Å². The Balaban J connectivity index is 2.04. The van der Waals surface area contributed by atoms with Gasteiger partial charge in [0.05, 0.1) is 11.0 Å². The van der Waals surface area contributed by atoms with E-state index in [1.807, 2.05) is 0 Å². The van der Waals surface area contributed by atoms with E-state index in [1.165, 1.54) is 50.3 Å². The van der Waals surface area contributed by atoms with E-state index in [-0.39, 0.29) is 0 Å². The molecule has 0 saturated carbocycles. The molecular formula is C22H18ClN. The van der Waals surface area contributed by atoms with Crippen LogP contribution in [0.15, 0.2) is 54.7 Å². The summed E-state index contributed by atoms with van der Waals surface area (Å²) in [6.07, 6.45) is 5.63. The molecule has 0 radical (unpaired) electrons. The Morgan fingerprint density at radius 1 is 0.917 bits per heavy atom. The predicted molar refractivity (Wildman–Crippen MR) is 102 cm³/mol. The zero-order valence-electron chi connectivity index (χ0n) is 13.6. The molecule has 0 saturated heterocycles. The smallest absolute Gasteiger partial charge is 0.0538 e. The minimum atomic E-state index is 0.871. The second-order valence-electron chi connectivity index (χ2n) is 6.69. The van der Waals surface area contributed by atoms with Gasteiger partial charge in [-0.15, -0.1) is 0 Å². The molecule has 0 unspecified atom stereocenters. The first-order chi connectivity index (χ1) is 11.8. The van der Waals surface area contributed by atoms with Crippen LogP contribution in [-0.2, 0) is 6.42 Å². The number of benzene rings is 2. The van der Waals surface area contributed by atoms with E-state index < -0.39 is 0 Å². The molecule has 0 fully saturated rings. The monoisotopic (exact) mass is 331 g/mol. The minimum absolute atomic E-state index is 0.871. The maximum Gasteiger partial charge on any atom is 0.0538 e. The number of rotatable bonds is 0. The lowest BCUT2D eigenvalue weighted by Crippen LogP contribution is -2.14. The summed E-state index contributed by atoms with van der Waals surface area (Å²) in [5, 5.41) is 3.60. The minimum Gasteiger partial charge on any atom is -0.316 e. The lowest BCUT2D eigenvalue weighted by atomic mass is 9.83. The van der Waals surface area contributed by atoms with Crippen molar-refractivity contribution >= 4 is 33.6 Å². The van der Waals surface area contributed by atoms with Crippen molar-refractivity contribution in [2.24, 2.45) is 0 Å². The van der Waals surface area contributed by atoms with Gasteiger partial charge in [-0.3, -0.25) is 0 Å². The highest BCUT2D eigenvalue weighted by Crippen LogP contribution is 2.35. The summed E-state index contributed by atoms with van der Waals surface area (Å²) in [6, 6.07) is 17.4. The lowest BCUT2D eigenvalue weighted by Gasteiger charge is -2.22. The van der Waals surface area contributed by atoms with Crippen molar-refractivity contribution in [3.05, 3.63) is 81.7 Å². The Morgan fingerprint density at radius 2 is 1.75 bits per heavy atom. The molecule has 0 aliphatic heterocycles. The quantitative estimate of drug-likeness (QED) is 0.411. The molecule has 1 aliphatic carbocycles.